The normalized spacial score (nSPS) is 10.4. The van der Waals surface area contributed by atoms with Gasteiger partial charge in [0.25, 0.3) is 0 Å². The zero-order chi connectivity index (χ0) is 11.7. The highest BCUT2D eigenvalue weighted by Crippen LogP contribution is 2.31. The lowest BCUT2D eigenvalue weighted by atomic mass is 10.2. The summed E-state index contributed by atoms with van der Waals surface area (Å²) in [5.41, 5.74) is -0.224. The maximum Gasteiger partial charge on any atom is 0.146 e. The van der Waals surface area contributed by atoms with Crippen molar-refractivity contribution in [1.82, 2.24) is 9.97 Å². The molecule has 0 aliphatic heterocycles. The zero-order valence-electron chi connectivity index (χ0n) is 7.85. The van der Waals surface area contributed by atoms with Gasteiger partial charge in [0.05, 0.1) is 12.4 Å². The minimum Gasteiger partial charge on any atom is -0.505 e. The van der Waals surface area contributed by atoms with Crippen molar-refractivity contribution in [3.8, 4) is 22.9 Å². The minimum absolute atomic E-state index is 0.112. The molecule has 0 spiro atoms. The average molecular weight is 224 g/mol. The van der Waals surface area contributed by atoms with Crippen LogP contribution < -0.4 is 0 Å². The van der Waals surface area contributed by atoms with Crippen molar-refractivity contribution < 1.29 is 19.0 Å². The highest BCUT2D eigenvalue weighted by molar-refractivity contribution is 5.67. The van der Waals surface area contributed by atoms with Crippen molar-refractivity contribution in [1.29, 1.82) is 0 Å². The molecule has 6 heteroatoms. The molecule has 0 bridgehead atoms. The third-order valence-electron chi connectivity index (χ3n) is 1.89. The van der Waals surface area contributed by atoms with Crippen LogP contribution in [0.25, 0.3) is 11.4 Å². The monoisotopic (exact) mass is 224 g/mol. The molecule has 0 aromatic carbocycles. The van der Waals surface area contributed by atoms with E-state index in [4.69, 9.17) is 0 Å². The topological polar surface area (TPSA) is 66.2 Å². The molecular weight excluding hydrogens is 218 g/mol. The summed E-state index contributed by atoms with van der Waals surface area (Å²) >= 11 is 0. The number of hydrogen-bond donors (Lipinski definition) is 2. The lowest BCUT2D eigenvalue weighted by Gasteiger charge is -2.04. The Balaban J connectivity index is 2.59. The Kier molecular flexibility index (Phi) is 2.40. The first kappa shape index (κ1) is 10.3. The van der Waals surface area contributed by atoms with Crippen LogP contribution in [0.4, 0.5) is 8.78 Å². The third-order valence-corrected chi connectivity index (χ3v) is 1.89. The summed E-state index contributed by atoms with van der Waals surface area (Å²) in [7, 11) is 0. The fourth-order valence-electron chi connectivity index (χ4n) is 1.22. The molecular formula is C10H6F2N2O2. The van der Waals surface area contributed by atoms with E-state index >= 15 is 0 Å². The number of aromatic nitrogens is 2. The molecule has 0 fully saturated rings. The van der Waals surface area contributed by atoms with Crippen LogP contribution in [0.2, 0.25) is 0 Å². The number of pyridine rings is 2. The molecule has 0 atom stereocenters. The molecule has 0 amide bonds. The fourth-order valence-corrected chi connectivity index (χ4v) is 1.22. The highest BCUT2D eigenvalue weighted by Gasteiger charge is 2.13. The molecule has 2 rings (SSSR count). The first-order valence-corrected chi connectivity index (χ1v) is 4.27. The second-order valence-electron chi connectivity index (χ2n) is 3.04. The third kappa shape index (κ3) is 1.77. The van der Waals surface area contributed by atoms with Gasteiger partial charge in [0.15, 0.2) is 0 Å². The van der Waals surface area contributed by atoms with Gasteiger partial charge in [-0.2, -0.15) is 0 Å². The maximum absolute atomic E-state index is 12.7. The van der Waals surface area contributed by atoms with E-state index in [1.165, 1.54) is 0 Å². The molecule has 2 aromatic heterocycles. The first-order chi connectivity index (χ1) is 7.58. The van der Waals surface area contributed by atoms with E-state index in [2.05, 4.69) is 9.97 Å². The van der Waals surface area contributed by atoms with E-state index in [9.17, 15) is 19.0 Å². The summed E-state index contributed by atoms with van der Waals surface area (Å²) in [6, 6.07) is 1.65. The van der Waals surface area contributed by atoms with E-state index in [1.807, 2.05) is 0 Å². The number of hydrogen-bond acceptors (Lipinski definition) is 4. The molecule has 0 saturated carbocycles. The molecule has 0 radical (unpaired) electrons. The van der Waals surface area contributed by atoms with Gasteiger partial charge in [0.1, 0.15) is 34.5 Å². The van der Waals surface area contributed by atoms with Crippen molar-refractivity contribution in [3.05, 3.63) is 36.2 Å². The van der Waals surface area contributed by atoms with Gasteiger partial charge >= 0.3 is 0 Å². The van der Waals surface area contributed by atoms with E-state index < -0.39 is 23.1 Å². The minimum atomic E-state index is -0.720. The molecule has 16 heavy (non-hydrogen) atoms. The summed E-state index contributed by atoms with van der Waals surface area (Å²) in [5, 5.41) is 18.8. The molecule has 82 valence electrons. The molecule has 0 saturated heterocycles. The van der Waals surface area contributed by atoms with Gasteiger partial charge in [-0.1, -0.05) is 0 Å². The predicted molar refractivity (Wildman–Crippen MR) is 50.7 cm³/mol. The van der Waals surface area contributed by atoms with Gasteiger partial charge in [0, 0.05) is 12.1 Å². The number of nitrogens with zero attached hydrogens (tertiary/aromatic N) is 2. The van der Waals surface area contributed by atoms with Gasteiger partial charge in [0.2, 0.25) is 0 Å². The van der Waals surface area contributed by atoms with Gasteiger partial charge in [-0.25, -0.2) is 18.7 Å². The Morgan fingerprint density at radius 3 is 1.50 bits per heavy atom. The quantitative estimate of drug-likeness (QED) is 0.775. The van der Waals surface area contributed by atoms with Crippen LogP contribution in [0.3, 0.4) is 0 Å². The summed E-state index contributed by atoms with van der Waals surface area (Å²) in [4.78, 5) is 7.14. The summed E-state index contributed by atoms with van der Waals surface area (Å²) < 4.78 is 25.3. The molecule has 2 N–H and O–H groups in total. The molecule has 2 aromatic rings. The SMILES string of the molecule is Oc1cc(F)cnc1-c1ncc(F)cc1O. The van der Waals surface area contributed by atoms with E-state index in [-0.39, 0.29) is 11.4 Å². The van der Waals surface area contributed by atoms with Crippen LogP contribution >= 0.6 is 0 Å². The van der Waals surface area contributed by atoms with E-state index in [0.717, 1.165) is 24.5 Å². The average Bonchev–Trinajstić information content (AvgIpc) is 2.19. The van der Waals surface area contributed by atoms with Crippen molar-refractivity contribution >= 4 is 0 Å². The Labute approximate surface area is 88.8 Å². The second kappa shape index (κ2) is 3.73. The van der Waals surface area contributed by atoms with Gasteiger partial charge < -0.3 is 10.2 Å². The van der Waals surface area contributed by atoms with Crippen molar-refractivity contribution in [3.63, 3.8) is 0 Å². The Hall–Kier alpha value is -2.24. The van der Waals surface area contributed by atoms with Gasteiger partial charge in [-0.05, 0) is 0 Å². The lowest BCUT2D eigenvalue weighted by Crippen LogP contribution is -1.91. The van der Waals surface area contributed by atoms with Crippen LogP contribution in [0.1, 0.15) is 0 Å². The molecule has 0 aliphatic rings. The van der Waals surface area contributed by atoms with Crippen LogP contribution in [-0.2, 0) is 0 Å². The van der Waals surface area contributed by atoms with Crippen molar-refractivity contribution in [2.45, 2.75) is 0 Å². The van der Waals surface area contributed by atoms with E-state index in [0.29, 0.717) is 0 Å². The Bertz CT molecular complexity index is 497. The van der Waals surface area contributed by atoms with Crippen molar-refractivity contribution in [2.75, 3.05) is 0 Å². The molecule has 0 unspecified atom stereocenters. The Morgan fingerprint density at radius 2 is 1.19 bits per heavy atom. The van der Waals surface area contributed by atoms with Crippen molar-refractivity contribution in [2.24, 2.45) is 0 Å². The highest BCUT2D eigenvalue weighted by atomic mass is 19.1. The lowest BCUT2D eigenvalue weighted by molar-refractivity contribution is 0.457. The predicted octanol–water partition coefficient (Wildman–Crippen LogP) is 1.83. The fraction of sp³-hybridized carbons (Fsp3) is 0. The number of halogens is 2. The van der Waals surface area contributed by atoms with Gasteiger partial charge in [-0.15, -0.1) is 0 Å². The smallest absolute Gasteiger partial charge is 0.146 e. The number of rotatable bonds is 1. The standard InChI is InChI=1S/C10H6F2N2O2/c11-5-1-7(15)9(13-3-5)10-8(16)2-6(12)4-14-10/h1-4,15-16H. The maximum atomic E-state index is 12.7. The zero-order valence-corrected chi connectivity index (χ0v) is 7.85. The van der Waals surface area contributed by atoms with Crippen LogP contribution in [0.15, 0.2) is 24.5 Å². The summed E-state index contributed by atoms with van der Waals surface area (Å²) in [6.45, 7) is 0. The van der Waals surface area contributed by atoms with Gasteiger partial charge in [-0.3, -0.25) is 0 Å². The van der Waals surface area contributed by atoms with Crippen LogP contribution in [-0.4, -0.2) is 20.2 Å². The van der Waals surface area contributed by atoms with Crippen LogP contribution in [0, 0.1) is 11.6 Å². The summed E-state index contributed by atoms with van der Waals surface area (Å²) in [5.74, 6) is -2.39. The second-order valence-corrected chi connectivity index (χ2v) is 3.04. The number of aromatic hydroxyl groups is 2. The molecule has 4 nitrogen and oxygen atoms in total. The molecule has 0 aliphatic carbocycles. The molecule has 2 heterocycles. The first-order valence-electron chi connectivity index (χ1n) is 4.27. The summed E-state index contributed by atoms with van der Waals surface area (Å²) in [6.07, 6.45) is 1.72. The largest absolute Gasteiger partial charge is 0.505 e. The van der Waals surface area contributed by atoms with Crippen LogP contribution in [0.5, 0.6) is 11.5 Å². The van der Waals surface area contributed by atoms with E-state index in [1.54, 1.807) is 0 Å². The Morgan fingerprint density at radius 1 is 0.812 bits per heavy atom.